The Bertz CT molecular complexity index is 755. The first-order chi connectivity index (χ1) is 9.67. The number of ether oxygens (including phenoxy) is 1. The van der Waals surface area contributed by atoms with Crippen LogP contribution in [-0.4, -0.2) is 28.0 Å². The van der Waals surface area contributed by atoms with Gasteiger partial charge in [0, 0.05) is 6.92 Å². The van der Waals surface area contributed by atoms with Crippen LogP contribution >= 0.6 is 0 Å². The topological polar surface area (TPSA) is 104 Å². The predicted octanol–water partition coefficient (Wildman–Crippen LogP) is 2.08. The first-order valence-electron chi connectivity index (χ1n) is 5.59. The lowest BCUT2D eigenvalue weighted by Gasteiger charge is -1.89. The molecule has 0 aliphatic carbocycles. The van der Waals surface area contributed by atoms with Gasteiger partial charge in [-0.3, -0.25) is 0 Å². The number of rotatable bonds is 3. The van der Waals surface area contributed by atoms with E-state index in [1.54, 1.807) is 6.92 Å². The van der Waals surface area contributed by atoms with Crippen molar-refractivity contribution in [3.63, 3.8) is 0 Å². The maximum atomic E-state index is 11.3. The molecule has 8 nitrogen and oxygen atoms in total. The maximum Gasteiger partial charge on any atom is 0.360 e. The molecule has 0 bridgehead atoms. The summed E-state index contributed by atoms with van der Waals surface area (Å²) in [5.41, 5.74) is 0.869. The van der Waals surface area contributed by atoms with Gasteiger partial charge in [0.1, 0.15) is 18.8 Å². The lowest BCUT2D eigenvalue weighted by atomic mass is 10.4. The minimum atomic E-state index is -0.587. The second-order valence-corrected chi connectivity index (χ2v) is 3.82. The van der Waals surface area contributed by atoms with Crippen molar-refractivity contribution >= 4 is 5.97 Å². The van der Waals surface area contributed by atoms with Gasteiger partial charge >= 0.3 is 5.97 Å². The fraction of sp³-hybridized carbons (Fsp3) is 0.167. The molecule has 0 saturated carbocycles. The Hall–Kier alpha value is -2.90. The number of carbonyl (C=O) groups excluding carboxylic acids is 1. The second-order valence-electron chi connectivity index (χ2n) is 3.82. The van der Waals surface area contributed by atoms with Crippen LogP contribution in [0.1, 0.15) is 16.4 Å². The minimum absolute atomic E-state index is 0.0596. The molecule has 3 rings (SSSR count). The van der Waals surface area contributed by atoms with Crippen LogP contribution in [0.2, 0.25) is 0 Å². The molecule has 102 valence electrons. The van der Waals surface area contributed by atoms with Crippen molar-refractivity contribution in [1.29, 1.82) is 0 Å². The third kappa shape index (κ3) is 2.07. The first-order valence-corrected chi connectivity index (χ1v) is 5.59. The number of oxazole rings is 3. The number of aryl methyl sites for hydroxylation is 1. The smallest absolute Gasteiger partial charge is 0.360 e. The summed E-state index contributed by atoms with van der Waals surface area (Å²) in [4.78, 5) is 23.5. The fourth-order valence-corrected chi connectivity index (χ4v) is 1.54. The lowest BCUT2D eigenvalue weighted by molar-refractivity contribution is 0.0594. The number of nitrogens with zero attached hydrogens (tertiary/aromatic N) is 3. The molecule has 0 spiro atoms. The normalized spacial score (nSPS) is 10.7. The van der Waals surface area contributed by atoms with Crippen molar-refractivity contribution in [2.24, 2.45) is 0 Å². The van der Waals surface area contributed by atoms with Gasteiger partial charge in [0.25, 0.3) is 0 Å². The number of aromatic nitrogens is 3. The quantitative estimate of drug-likeness (QED) is 0.669. The summed E-state index contributed by atoms with van der Waals surface area (Å²) >= 11 is 0. The number of carbonyl (C=O) groups is 1. The average Bonchev–Trinajstić information content (AvgIpc) is 3.16. The standard InChI is InChI=1S/C12H9N3O5/c1-6-13-7(3-18-6)10-14-8(4-19-10)11-15-9(5-20-11)12(16)17-2/h3-5H,1-2H3. The summed E-state index contributed by atoms with van der Waals surface area (Å²) in [6, 6.07) is 0. The van der Waals surface area contributed by atoms with Crippen molar-refractivity contribution in [3.8, 4) is 23.2 Å². The molecule has 0 amide bonds. The van der Waals surface area contributed by atoms with E-state index in [0.717, 1.165) is 0 Å². The van der Waals surface area contributed by atoms with Gasteiger partial charge in [0.15, 0.2) is 23.0 Å². The molecule has 0 atom stereocenters. The SMILES string of the molecule is COC(=O)c1coc(-c2coc(-c3coc(C)n3)n2)n1. The minimum Gasteiger partial charge on any atom is -0.464 e. The van der Waals surface area contributed by atoms with E-state index in [4.69, 9.17) is 13.3 Å². The van der Waals surface area contributed by atoms with Crippen LogP contribution in [0, 0.1) is 6.92 Å². The number of hydrogen-bond donors (Lipinski definition) is 0. The Morgan fingerprint density at radius 3 is 2.35 bits per heavy atom. The average molecular weight is 275 g/mol. The number of hydrogen-bond acceptors (Lipinski definition) is 8. The predicted molar refractivity (Wildman–Crippen MR) is 63.6 cm³/mol. The Balaban J connectivity index is 1.90. The molecule has 3 heterocycles. The summed E-state index contributed by atoms with van der Waals surface area (Å²) in [6.07, 6.45) is 3.97. The highest BCUT2D eigenvalue weighted by molar-refractivity contribution is 5.87. The molecule has 0 saturated heterocycles. The van der Waals surface area contributed by atoms with Gasteiger partial charge < -0.3 is 18.0 Å². The van der Waals surface area contributed by atoms with Crippen molar-refractivity contribution in [1.82, 2.24) is 15.0 Å². The van der Waals surface area contributed by atoms with Crippen LogP contribution < -0.4 is 0 Å². The van der Waals surface area contributed by atoms with E-state index in [9.17, 15) is 4.79 Å². The van der Waals surface area contributed by atoms with E-state index in [2.05, 4.69) is 19.7 Å². The molecule has 0 radical (unpaired) electrons. The van der Waals surface area contributed by atoms with E-state index < -0.39 is 5.97 Å². The summed E-state index contributed by atoms with van der Waals surface area (Å²) in [6.45, 7) is 1.71. The summed E-state index contributed by atoms with van der Waals surface area (Å²) < 4.78 is 20.0. The Morgan fingerprint density at radius 2 is 1.65 bits per heavy atom. The lowest BCUT2D eigenvalue weighted by Crippen LogP contribution is -2.00. The highest BCUT2D eigenvalue weighted by atomic mass is 16.5. The molecule has 3 aromatic heterocycles. The van der Waals surface area contributed by atoms with Crippen LogP contribution in [0.4, 0.5) is 0 Å². The zero-order valence-corrected chi connectivity index (χ0v) is 10.6. The van der Waals surface area contributed by atoms with E-state index in [1.165, 1.54) is 25.9 Å². The van der Waals surface area contributed by atoms with Crippen LogP contribution in [0.3, 0.4) is 0 Å². The van der Waals surface area contributed by atoms with E-state index in [-0.39, 0.29) is 17.5 Å². The molecule has 3 aromatic rings. The van der Waals surface area contributed by atoms with Gasteiger partial charge in [0.05, 0.1) is 7.11 Å². The van der Waals surface area contributed by atoms with Gasteiger partial charge in [-0.05, 0) is 0 Å². The molecule has 0 unspecified atom stereocenters. The van der Waals surface area contributed by atoms with Crippen LogP contribution in [0.5, 0.6) is 0 Å². The van der Waals surface area contributed by atoms with E-state index >= 15 is 0 Å². The summed E-state index contributed by atoms with van der Waals surface area (Å²) in [5.74, 6) is 0.343. The molecule has 0 aliphatic rings. The van der Waals surface area contributed by atoms with E-state index in [0.29, 0.717) is 17.3 Å². The highest BCUT2D eigenvalue weighted by Crippen LogP contribution is 2.23. The van der Waals surface area contributed by atoms with Gasteiger partial charge in [-0.15, -0.1) is 0 Å². The summed E-state index contributed by atoms with van der Waals surface area (Å²) in [5, 5.41) is 0. The monoisotopic (exact) mass is 275 g/mol. The number of esters is 1. The van der Waals surface area contributed by atoms with Crippen molar-refractivity contribution in [3.05, 3.63) is 30.4 Å². The highest BCUT2D eigenvalue weighted by Gasteiger charge is 2.18. The molecule has 0 N–H and O–H groups in total. The molecule has 0 aliphatic heterocycles. The Kier molecular flexibility index (Phi) is 2.82. The van der Waals surface area contributed by atoms with Gasteiger partial charge in [-0.2, -0.15) is 0 Å². The van der Waals surface area contributed by atoms with Crippen molar-refractivity contribution < 1.29 is 22.8 Å². The first kappa shape index (κ1) is 12.2. The second kappa shape index (κ2) is 4.65. The molecule has 8 heteroatoms. The Morgan fingerprint density at radius 1 is 1.00 bits per heavy atom. The van der Waals surface area contributed by atoms with Gasteiger partial charge in [-0.1, -0.05) is 0 Å². The van der Waals surface area contributed by atoms with E-state index in [1.807, 2.05) is 0 Å². The van der Waals surface area contributed by atoms with Gasteiger partial charge in [0.2, 0.25) is 11.8 Å². The zero-order chi connectivity index (χ0) is 14.1. The third-order valence-electron chi connectivity index (χ3n) is 2.46. The number of methoxy groups -OCH3 is 1. The van der Waals surface area contributed by atoms with Crippen LogP contribution in [0.25, 0.3) is 23.2 Å². The largest absolute Gasteiger partial charge is 0.464 e. The summed E-state index contributed by atoms with van der Waals surface area (Å²) in [7, 11) is 1.26. The molecule has 20 heavy (non-hydrogen) atoms. The molecular formula is C12H9N3O5. The van der Waals surface area contributed by atoms with Crippen LogP contribution in [-0.2, 0) is 4.74 Å². The van der Waals surface area contributed by atoms with Crippen molar-refractivity contribution in [2.45, 2.75) is 6.92 Å². The zero-order valence-electron chi connectivity index (χ0n) is 10.6. The third-order valence-corrected chi connectivity index (χ3v) is 2.46. The van der Waals surface area contributed by atoms with Crippen molar-refractivity contribution in [2.75, 3.05) is 7.11 Å². The fourth-order valence-electron chi connectivity index (χ4n) is 1.54. The van der Waals surface area contributed by atoms with Gasteiger partial charge in [-0.25, -0.2) is 19.7 Å². The van der Waals surface area contributed by atoms with Crippen LogP contribution in [0.15, 0.2) is 32.0 Å². The molecular weight excluding hydrogens is 266 g/mol. The molecule has 0 aromatic carbocycles. The Labute approximate surface area is 112 Å². The maximum absolute atomic E-state index is 11.3. The molecule has 0 fully saturated rings.